The number of anilines is 1. The van der Waals surface area contributed by atoms with E-state index in [0.29, 0.717) is 19.7 Å². The first-order valence-electron chi connectivity index (χ1n) is 5.60. The summed E-state index contributed by atoms with van der Waals surface area (Å²) in [5.41, 5.74) is 1.47. The Balaban J connectivity index is 2.35. The predicted octanol–water partition coefficient (Wildman–Crippen LogP) is 5.56. The summed E-state index contributed by atoms with van der Waals surface area (Å²) in [6, 6.07) is 7.56. The molecule has 0 aromatic heterocycles. The van der Waals surface area contributed by atoms with Crippen LogP contribution < -0.4 is 5.32 Å². The zero-order valence-corrected chi connectivity index (χ0v) is 14.2. The molecule has 1 N–H and O–H groups in total. The molecule has 0 saturated heterocycles. The maximum atomic E-state index is 13.6. The lowest BCUT2D eigenvalue weighted by molar-refractivity contribution is 0.102. The summed E-state index contributed by atoms with van der Waals surface area (Å²) < 4.78 is 15.1. The summed E-state index contributed by atoms with van der Waals surface area (Å²) in [5, 5.41) is 2.96. The third kappa shape index (κ3) is 3.40. The van der Waals surface area contributed by atoms with Crippen molar-refractivity contribution in [3.05, 3.63) is 61.2 Å². The molecule has 2 aromatic rings. The van der Waals surface area contributed by atoms with Crippen LogP contribution in [0.25, 0.3) is 0 Å². The van der Waals surface area contributed by atoms with Gasteiger partial charge >= 0.3 is 0 Å². The van der Waals surface area contributed by atoms with Gasteiger partial charge in [-0.2, -0.15) is 0 Å². The third-order valence-corrected chi connectivity index (χ3v) is 4.08. The van der Waals surface area contributed by atoms with Crippen molar-refractivity contribution in [3.63, 3.8) is 0 Å². The van der Waals surface area contributed by atoms with Crippen LogP contribution in [-0.2, 0) is 0 Å². The van der Waals surface area contributed by atoms with Crippen LogP contribution in [0.2, 0.25) is 5.02 Å². The van der Waals surface area contributed by atoms with Crippen molar-refractivity contribution in [1.29, 1.82) is 0 Å². The van der Waals surface area contributed by atoms with Crippen LogP contribution >= 0.6 is 43.5 Å². The maximum absolute atomic E-state index is 13.6. The summed E-state index contributed by atoms with van der Waals surface area (Å²) in [7, 11) is 0. The van der Waals surface area contributed by atoms with E-state index in [1.54, 1.807) is 0 Å². The summed E-state index contributed by atoms with van der Waals surface area (Å²) in [6.45, 7) is 1.93. The van der Waals surface area contributed by atoms with E-state index in [1.165, 1.54) is 12.1 Å². The van der Waals surface area contributed by atoms with E-state index in [4.69, 9.17) is 11.6 Å². The molecule has 0 fully saturated rings. The molecule has 0 atom stereocenters. The van der Waals surface area contributed by atoms with E-state index in [9.17, 15) is 9.18 Å². The van der Waals surface area contributed by atoms with Gasteiger partial charge in [-0.1, -0.05) is 11.6 Å². The Hall–Kier alpha value is -0.910. The summed E-state index contributed by atoms with van der Waals surface area (Å²) in [4.78, 5) is 12.1. The van der Waals surface area contributed by atoms with Crippen molar-refractivity contribution in [1.82, 2.24) is 0 Å². The van der Waals surface area contributed by atoms with Gasteiger partial charge in [-0.25, -0.2) is 4.39 Å². The van der Waals surface area contributed by atoms with Crippen LogP contribution in [0.15, 0.2) is 39.3 Å². The lowest BCUT2D eigenvalue weighted by Crippen LogP contribution is -2.14. The zero-order chi connectivity index (χ0) is 14.9. The molecule has 2 nitrogen and oxygen atoms in total. The van der Waals surface area contributed by atoms with Gasteiger partial charge in [0.1, 0.15) is 5.82 Å². The van der Waals surface area contributed by atoms with Gasteiger partial charge in [0.25, 0.3) is 5.91 Å². The molecule has 20 heavy (non-hydrogen) atoms. The van der Waals surface area contributed by atoms with Crippen LogP contribution in [0.4, 0.5) is 10.1 Å². The minimum absolute atomic E-state index is 0.100. The number of nitrogens with one attached hydrogen (secondary N) is 1. The molecule has 0 saturated carbocycles. The van der Waals surface area contributed by atoms with E-state index < -0.39 is 11.7 Å². The number of aryl methyl sites for hydroxylation is 1. The largest absolute Gasteiger partial charge is 0.320 e. The van der Waals surface area contributed by atoms with Gasteiger partial charge in [0.15, 0.2) is 0 Å². The molecule has 0 bridgehead atoms. The van der Waals surface area contributed by atoms with E-state index >= 15 is 0 Å². The molecule has 0 aliphatic heterocycles. The van der Waals surface area contributed by atoms with Crippen LogP contribution in [0.5, 0.6) is 0 Å². The lowest BCUT2D eigenvalue weighted by Gasteiger charge is -2.11. The van der Waals surface area contributed by atoms with Crippen molar-refractivity contribution in [2.75, 3.05) is 5.32 Å². The number of carbonyl (C=O) groups excluding carboxylic acids is 1. The molecule has 0 spiro atoms. The maximum Gasteiger partial charge on any atom is 0.258 e. The number of rotatable bonds is 2. The summed E-state index contributed by atoms with van der Waals surface area (Å²) >= 11 is 12.5. The molecule has 0 aliphatic carbocycles. The SMILES string of the molecule is Cc1cc(Br)c(NC(=O)c2cc(Cl)ccc2F)c(Br)c1. The van der Waals surface area contributed by atoms with E-state index in [1.807, 2.05) is 19.1 Å². The average Bonchev–Trinajstić information content (AvgIpc) is 2.36. The third-order valence-electron chi connectivity index (χ3n) is 2.60. The molecule has 0 radical (unpaired) electrons. The first kappa shape index (κ1) is 15.5. The second kappa shape index (κ2) is 6.24. The fourth-order valence-corrected chi connectivity index (χ4v) is 3.46. The molecule has 6 heteroatoms. The smallest absolute Gasteiger partial charge is 0.258 e. The van der Waals surface area contributed by atoms with Crippen molar-refractivity contribution >= 4 is 55.1 Å². The van der Waals surface area contributed by atoms with Crippen LogP contribution in [0.1, 0.15) is 15.9 Å². The van der Waals surface area contributed by atoms with Crippen molar-refractivity contribution in [3.8, 4) is 0 Å². The molecule has 0 heterocycles. The van der Waals surface area contributed by atoms with E-state index in [-0.39, 0.29) is 5.56 Å². The van der Waals surface area contributed by atoms with E-state index in [2.05, 4.69) is 37.2 Å². The number of amides is 1. The van der Waals surface area contributed by atoms with Gasteiger partial charge in [-0.15, -0.1) is 0 Å². The summed E-state index contributed by atoms with van der Waals surface area (Å²) in [5.74, 6) is -1.18. The Morgan fingerprint density at radius 3 is 2.40 bits per heavy atom. The minimum Gasteiger partial charge on any atom is -0.320 e. The Labute approximate surface area is 137 Å². The minimum atomic E-state index is -0.619. The monoisotopic (exact) mass is 419 g/mol. The lowest BCUT2D eigenvalue weighted by atomic mass is 10.2. The number of halogens is 4. The fraction of sp³-hybridized carbons (Fsp3) is 0.0714. The van der Waals surface area contributed by atoms with Gasteiger partial charge in [0.05, 0.1) is 11.3 Å². The predicted molar refractivity (Wildman–Crippen MR) is 85.9 cm³/mol. The molecular formula is C14H9Br2ClFNO. The molecule has 1 amide bonds. The number of benzene rings is 2. The first-order chi connectivity index (χ1) is 9.38. The quantitative estimate of drug-likeness (QED) is 0.675. The van der Waals surface area contributed by atoms with Gasteiger partial charge in [-0.3, -0.25) is 4.79 Å². The standard InChI is InChI=1S/C14H9Br2ClFNO/c1-7-4-10(15)13(11(16)5-7)19-14(20)9-6-8(17)2-3-12(9)18/h2-6H,1H3,(H,19,20). The highest BCUT2D eigenvalue weighted by atomic mass is 79.9. The average molecular weight is 421 g/mol. The summed E-state index contributed by atoms with van der Waals surface area (Å²) in [6.07, 6.45) is 0. The molecule has 104 valence electrons. The van der Waals surface area contributed by atoms with Crippen LogP contribution in [0, 0.1) is 12.7 Å². The zero-order valence-electron chi connectivity index (χ0n) is 10.3. The second-order valence-corrected chi connectivity index (χ2v) is 6.33. The number of hydrogen-bond donors (Lipinski definition) is 1. The van der Waals surface area contributed by atoms with Crippen LogP contribution in [0.3, 0.4) is 0 Å². The van der Waals surface area contributed by atoms with E-state index in [0.717, 1.165) is 11.6 Å². The van der Waals surface area contributed by atoms with Crippen LogP contribution in [-0.4, -0.2) is 5.91 Å². The Kier molecular flexibility index (Phi) is 4.83. The van der Waals surface area contributed by atoms with Crippen molar-refractivity contribution in [2.24, 2.45) is 0 Å². The van der Waals surface area contributed by atoms with Gasteiger partial charge in [0.2, 0.25) is 0 Å². The normalized spacial score (nSPS) is 10.4. The molecule has 2 aromatic carbocycles. The highest BCUT2D eigenvalue weighted by Gasteiger charge is 2.15. The number of carbonyl (C=O) groups is 1. The van der Waals surface area contributed by atoms with Gasteiger partial charge < -0.3 is 5.32 Å². The molecule has 2 rings (SSSR count). The fourth-order valence-electron chi connectivity index (χ4n) is 1.67. The Bertz CT molecular complexity index is 668. The molecular weight excluding hydrogens is 412 g/mol. The highest BCUT2D eigenvalue weighted by Crippen LogP contribution is 2.32. The Morgan fingerprint density at radius 2 is 1.80 bits per heavy atom. The van der Waals surface area contributed by atoms with Crippen molar-refractivity contribution in [2.45, 2.75) is 6.92 Å². The Morgan fingerprint density at radius 1 is 1.20 bits per heavy atom. The molecule has 0 aliphatic rings. The second-order valence-electron chi connectivity index (χ2n) is 4.18. The van der Waals surface area contributed by atoms with Crippen molar-refractivity contribution < 1.29 is 9.18 Å². The number of hydrogen-bond acceptors (Lipinski definition) is 1. The van der Waals surface area contributed by atoms with Gasteiger partial charge in [0, 0.05) is 14.0 Å². The highest BCUT2D eigenvalue weighted by molar-refractivity contribution is 9.11. The topological polar surface area (TPSA) is 29.1 Å². The molecule has 0 unspecified atom stereocenters. The van der Waals surface area contributed by atoms with Gasteiger partial charge in [-0.05, 0) is 74.7 Å². The first-order valence-corrected chi connectivity index (χ1v) is 7.57.